The minimum absolute atomic E-state index is 0.101. The fourth-order valence-electron chi connectivity index (χ4n) is 6.79. The number of imidazole rings is 2. The van der Waals surface area contributed by atoms with Crippen molar-refractivity contribution in [3.8, 4) is 43.4 Å². The van der Waals surface area contributed by atoms with Gasteiger partial charge < -0.3 is 39.9 Å². The van der Waals surface area contributed by atoms with Gasteiger partial charge >= 0.3 is 12.2 Å². The predicted octanol–water partition coefficient (Wildman–Crippen LogP) is 7.00. The van der Waals surface area contributed by atoms with Gasteiger partial charge in [-0.05, 0) is 59.6 Å². The smallest absolute Gasteiger partial charge is 0.407 e. The normalized spacial score (nSPS) is 14.4. The molecule has 1 fully saturated rings. The molecule has 0 saturated carbocycles. The summed E-state index contributed by atoms with van der Waals surface area (Å²) in [4.78, 5) is 71.3. The molecule has 3 aromatic heterocycles. The second-order valence-corrected chi connectivity index (χ2v) is 15.0. The van der Waals surface area contributed by atoms with E-state index in [9.17, 15) is 19.2 Å². The maximum absolute atomic E-state index is 13.5. The number of ether oxygens (including phenoxy) is 2. The molecule has 1 saturated heterocycles. The molecule has 1 aliphatic rings. The number of hydrogen-bond donors (Lipinski definition) is 4. The second-order valence-electron chi connectivity index (χ2n) is 14.0. The van der Waals surface area contributed by atoms with Crippen molar-refractivity contribution < 1.29 is 28.7 Å². The summed E-state index contributed by atoms with van der Waals surface area (Å²) in [6, 6.07) is 20.0. The fourth-order valence-corrected chi connectivity index (χ4v) is 7.80. The van der Waals surface area contributed by atoms with Gasteiger partial charge in [0.2, 0.25) is 11.8 Å². The first-order valence-electron chi connectivity index (χ1n) is 18.7. The third-order valence-electron chi connectivity index (χ3n) is 9.79. The van der Waals surface area contributed by atoms with Crippen molar-refractivity contribution in [2.75, 3.05) is 33.9 Å². The Kier molecular flexibility index (Phi) is 12.9. The molecule has 1 aliphatic heterocycles. The van der Waals surface area contributed by atoms with Crippen LogP contribution in [0.4, 0.5) is 9.59 Å². The first-order chi connectivity index (χ1) is 27.1. The van der Waals surface area contributed by atoms with Gasteiger partial charge in [0.15, 0.2) is 0 Å². The third-order valence-corrected chi connectivity index (χ3v) is 11.0. The summed E-state index contributed by atoms with van der Waals surface area (Å²) in [5.41, 5.74) is 5.89. The number of nitrogens with one attached hydrogen (secondary N) is 4. The number of carbonyl (C=O) groups excluding carboxylic acids is 4. The van der Waals surface area contributed by atoms with Crippen LogP contribution in [-0.4, -0.2) is 93.6 Å². The van der Waals surface area contributed by atoms with Gasteiger partial charge in [0.25, 0.3) is 0 Å². The van der Waals surface area contributed by atoms with Crippen LogP contribution in [0.15, 0.2) is 73.1 Å². The van der Waals surface area contributed by atoms with Crippen molar-refractivity contribution >= 4 is 35.3 Å². The standard InChI is InChI=1S/C41H48N8O6S/c1-6-19-48(36(50)23-44-40(52)54-4)24-35-42-21-30(45-35)26-9-13-28(14-10-26)33-17-18-34(56-33)29-15-11-27(12-16-29)31-22-43-38(46-31)32-8-7-20-49(32)39(51)37(25(2)3)47-41(53)55-5/h9-18,21-22,25,32,37H,6-8,19-20,23-24H2,1-5H3,(H,42,45)(H,43,46)(H,44,52)(H,47,53)/t32-,37?/m0/s1. The molecule has 6 rings (SSSR count). The van der Waals surface area contributed by atoms with Gasteiger partial charge in [0.05, 0.1) is 50.6 Å². The van der Waals surface area contributed by atoms with Crippen LogP contribution in [0.5, 0.6) is 0 Å². The largest absolute Gasteiger partial charge is 0.453 e. The van der Waals surface area contributed by atoms with Crippen molar-refractivity contribution in [1.29, 1.82) is 0 Å². The van der Waals surface area contributed by atoms with E-state index in [-0.39, 0.29) is 30.3 Å². The van der Waals surface area contributed by atoms with Gasteiger partial charge in [-0.15, -0.1) is 11.3 Å². The molecule has 0 spiro atoms. The lowest BCUT2D eigenvalue weighted by molar-refractivity contribution is -0.135. The fraction of sp³-hybridized carbons (Fsp3) is 0.366. The molecular formula is C41H48N8O6S. The number of nitrogens with zero attached hydrogens (tertiary/aromatic N) is 4. The van der Waals surface area contributed by atoms with Gasteiger partial charge in [0, 0.05) is 22.8 Å². The zero-order chi connectivity index (χ0) is 39.8. The summed E-state index contributed by atoms with van der Waals surface area (Å²) in [5.74, 6) is 0.936. The van der Waals surface area contributed by atoms with E-state index in [4.69, 9.17) is 4.74 Å². The van der Waals surface area contributed by atoms with E-state index in [2.05, 4.69) is 96.0 Å². The summed E-state index contributed by atoms with van der Waals surface area (Å²) < 4.78 is 9.32. The first kappa shape index (κ1) is 39.7. The van der Waals surface area contributed by atoms with Crippen molar-refractivity contribution in [1.82, 2.24) is 40.4 Å². The van der Waals surface area contributed by atoms with E-state index >= 15 is 0 Å². The van der Waals surface area contributed by atoms with E-state index < -0.39 is 18.2 Å². The zero-order valence-corrected chi connectivity index (χ0v) is 33.1. The summed E-state index contributed by atoms with van der Waals surface area (Å²) in [5, 5.41) is 5.14. The zero-order valence-electron chi connectivity index (χ0n) is 32.3. The Bertz CT molecular complexity index is 2120. The average molecular weight is 781 g/mol. The van der Waals surface area contributed by atoms with Crippen LogP contribution in [0.25, 0.3) is 43.4 Å². The maximum Gasteiger partial charge on any atom is 0.407 e. The monoisotopic (exact) mass is 780 g/mol. The number of aromatic nitrogens is 4. The number of alkyl carbamates (subject to hydrolysis) is 2. The Morgan fingerprint density at radius 1 is 0.857 bits per heavy atom. The van der Waals surface area contributed by atoms with Crippen LogP contribution in [0.2, 0.25) is 0 Å². The van der Waals surface area contributed by atoms with Crippen molar-refractivity contribution in [3.05, 3.63) is 84.7 Å². The van der Waals surface area contributed by atoms with Crippen LogP contribution in [-0.2, 0) is 25.6 Å². The number of thiophene rings is 1. The topological polar surface area (TPSA) is 175 Å². The van der Waals surface area contributed by atoms with E-state index in [1.165, 1.54) is 14.2 Å². The summed E-state index contributed by atoms with van der Waals surface area (Å²) in [7, 11) is 2.55. The molecule has 5 aromatic rings. The molecule has 4 amide bonds. The van der Waals surface area contributed by atoms with Crippen LogP contribution in [0.3, 0.4) is 0 Å². The Balaban J connectivity index is 1.08. The molecule has 56 heavy (non-hydrogen) atoms. The molecule has 14 nitrogen and oxygen atoms in total. The lowest BCUT2D eigenvalue weighted by atomic mass is 10.0. The molecule has 294 valence electrons. The third kappa shape index (κ3) is 9.28. The van der Waals surface area contributed by atoms with Crippen molar-refractivity contribution in [2.24, 2.45) is 5.92 Å². The van der Waals surface area contributed by atoms with Crippen molar-refractivity contribution in [2.45, 2.75) is 58.7 Å². The second kappa shape index (κ2) is 18.1. The van der Waals surface area contributed by atoms with E-state index in [0.29, 0.717) is 25.5 Å². The summed E-state index contributed by atoms with van der Waals surface area (Å²) in [6.45, 7) is 7.08. The summed E-state index contributed by atoms with van der Waals surface area (Å²) in [6.07, 6.45) is 4.72. The molecule has 2 aromatic carbocycles. The lowest BCUT2D eigenvalue weighted by Gasteiger charge is -2.30. The number of methoxy groups -OCH3 is 2. The number of benzene rings is 2. The number of carbonyl (C=O) groups is 4. The maximum atomic E-state index is 13.5. The highest BCUT2D eigenvalue weighted by atomic mass is 32.1. The molecule has 15 heteroatoms. The lowest BCUT2D eigenvalue weighted by Crippen LogP contribution is -2.51. The molecule has 4 N–H and O–H groups in total. The van der Waals surface area contributed by atoms with E-state index in [1.54, 1.807) is 22.4 Å². The number of hydrogen-bond acceptors (Lipinski definition) is 9. The number of aromatic amines is 2. The van der Waals surface area contributed by atoms with Gasteiger partial charge in [-0.25, -0.2) is 19.6 Å². The number of rotatable bonds is 14. The molecule has 4 heterocycles. The van der Waals surface area contributed by atoms with Crippen LogP contribution in [0, 0.1) is 5.92 Å². The average Bonchev–Trinajstić information content (AvgIpc) is 4.06. The quantitative estimate of drug-likeness (QED) is 0.0932. The molecule has 0 radical (unpaired) electrons. The molecule has 1 unspecified atom stereocenters. The number of amides is 4. The summed E-state index contributed by atoms with van der Waals surface area (Å²) >= 11 is 1.72. The highest BCUT2D eigenvalue weighted by molar-refractivity contribution is 7.18. The number of likely N-dealkylation sites (tertiary alicyclic amines) is 1. The Morgan fingerprint density at radius 3 is 2.04 bits per heavy atom. The van der Waals surface area contributed by atoms with Gasteiger partial charge in [0.1, 0.15) is 24.2 Å². The highest BCUT2D eigenvalue weighted by Crippen LogP contribution is 2.37. The minimum Gasteiger partial charge on any atom is -0.453 e. The molecular weight excluding hydrogens is 733 g/mol. The van der Waals surface area contributed by atoms with Gasteiger partial charge in [-0.3, -0.25) is 9.59 Å². The van der Waals surface area contributed by atoms with Crippen molar-refractivity contribution in [3.63, 3.8) is 0 Å². The SMILES string of the molecule is CCCN(Cc1ncc(-c2ccc(-c3ccc(-c4ccc(-c5cnc([C@@H]6CCCN6C(=O)C(NC(=O)OC)C(C)C)[nH]5)cc4)s3)cc2)[nH]1)C(=O)CNC(=O)OC. The van der Waals surface area contributed by atoms with Gasteiger partial charge in [-0.1, -0.05) is 69.3 Å². The Labute approximate surface area is 330 Å². The Hall–Kier alpha value is -5.96. The molecule has 2 atom stereocenters. The van der Waals surface area contributed by atoms with Crippen LogP contribution < -0.4 is 10.6 Å². The van der Waals surface area contributed by atoms with E-state index in [1.807, 2.05) is 31.9 Å². The Morgan fingerprint density at radius 2 is 1.45 bits per heavy atom. The first-order valence-corrected chi connectivity index (χ1v) is 19.5. The van der Waals surface area contributed by atoms with Crippen LogP contribution >= 0.6 is 11.3 Å². The highest BCUT2D eigenvalue weighted by Gasteiger charge is 2.37. The minimum atomic E-state index is -0.683. The van der Waals surface area contributed by atoms with E-state index in [0.717, 1.165) is 68.5 Å². The molecule has 0 aliphatic carbocycles. The van der Waals surface area contributed by atoms with Gasteiger partial charge in [-0.2, -0.15) is 0 Å². The van der Waals surface area contributed by atoms with Crippen LogP contribution in [0.1, 0.15) is 57.7 Å². The predicted molar refractivity (Wildman–Crippen MR) is 214 cm³/mol. The molecule has 0 bridgehead atoms. The number of H-pyrrole nitrogens is 2.